The van der Waals surface area contributed by atoms with Crippen LogP contribution in [0, 0.1) is 0 Å². The Kier molecular flexibility index (Phi) is 2.38. The number of carbonyl (C=O) groups excluding carboxylic acids is 2. The minimum Gasteiger partial charge on any atom is -0.396 e. The van der Waals surface area contributed by atoms with E-state index in [9.17, 15) is 9.59 Å². The number of nitrogens with one attached hydrogen (secondary N) is 1. The van der Waals surface area contributed by atoms with E-state index in [4.69, 9.17) is 5.11 Å². The lowest BCUT2D eigenvalue weighted by molar-refractivity contribution is 0.0844. The van der Waals surface area contributed by atoms with Crippen LogP contribution in [0.5, 0.6) is 0 Å². The summed E-state index contributed by atoms with van der Waals surface area (Å²) in [4.78, 5) is 23.7. The summed E-state index contributed by atoms with van der Waals surface area (Å²) in [6, 6.07) is 9.07. The molecule has 18 heavy (non-hydrogen) atoms. The lowest BCUT2D eigenvalue weighted by Crippen LogP contribution is -2.35. The molecule has 0 aliphatic carbocycles. The topological polar surface area (TPSA) is 66.4 Å². The van der Waals surface area contributed by atoms with Crippen molar-refractivity contribution in [3.05, 3.63) is 47.0 Å². The van der Waals surface area contributed by atoms with Gasteiger partial charge in [0.2, 0.25) is 0 Å². The van der Waals surface area contributed by atoms with Crippen LogP contribution >= 0.6 is 0 Å². The van der Waals surface area contributed by atoms with Crippen LogP contribution in [0.4, 0.5) is 0 Å². The molecule has 0 radical (unpaired) electrons. The zero-order valence-electron chi connectivity index (χ0n) is 9.56. The fourth-order valence-electron chi connectivity index (χ4n) is 2.43. The smallest absolute Gasteiger partial charge is 0.259 e. The molecule has 0 aromatic heterocycles. The monoisotopic (exact) mass is 241 g/mol. The van der Waals surface area contributed by atoms with Crippen LogP contribution in [0.15, 0.2) is 30.3 Å². The van der Waals surface area contributed by atoms with E-state index >= 15 is 0 Å². The maximum atomic E-state index is 12.0. The molecule has 0 saturated heterocycles. The van der Waals surface area contributed by atoms with Gasteiger partial charge in [-0.1, -0.05) is 24.3 Å². The number of hydrogen-bond acceptors (Lipinski definition) is 3. The van der Waals surface area contributed by atoms with Crippen molar-refractivity contribution in [2.24, 2.45) is 0 Å². The van der Waals surface area contributed by atoms with Gasteiger partial charge in [0.15, 0.2) is 0 Å². The molecule has 2 amide bonds. The highest BCUT2D eigenvalue weighted by molar-refractivity contribution is 6.26. The van der Waals surface area contributed by atoms with Gasteiger partial charge in [-0.2, -0.15) is 0 Å². The maximum absolute atomic E-state index is 12.0. The predicted octanol–water partition coefficient (Wildman–Crippen LogP) is 1.26. The normalized spacial score (nSPS) is 13.8. The van der Waals surface area contributed by atoms with E-state index in [2.05, 4.69) is 5.32 Å². The number of rotatable bonds is 2. The first kappa shape index (κ1) is 10.9. The van der Waals surface area contributed by atoms with Gasteiger partial charge in [0.25, 0.3) is 11.8 Å². The Morgan fingerprint density at radius 2 is 1.89 bits per heavy atom. The molecule has 0 saturated carbocycles. The van der Waals surface area contributed by atoms with Crippen molar-refractivity contribution < 1.29 is 14.7 Å². The number of benzene rings is 2. The fraction of sp³-hybridized carbons (Fsp3) is 0.143. The Morgan fingerprint density at radius 1 is 1.06 bits per heavy atom. The van der Waals surface area contributed by atoms with Crippen LogP contribution in [-0.2, 0) is 6.42 Å². The summed E-state index contributed by atoms with van der Waals surface area (Å²) in [7, 11) is 0. The zero-order valence-corrected chi connectivity index (χ0v) is 9.56. The minimum atomic E-state index is -0.382. The highest BCUT2D eigenvalue weighted by Crippen LogP contribution is 2.29. The second-order valence-electron chi connectivity index (χ2n) is 4.26. The molecule has 2 aromatic rings. The number of imide groups is 1. The van der Waals surface area contributed by atoms with Gasteiger partial charge in [-0.05, 0) is 23.4 Å². The molecule has 1 heterocycles. The molecule has 2 N–H and O–H groups in total. The van der Waals surface area contributed by atoms with Crippen molar-refractivity contribution in [3.8, 4) is 0 Å². The Hall–Kier alpha value is -2.20. The lowest BCUT2D eigenvalue weighted by Gasteiger charge is -2.19. The van der Waals surface area contributed by atoms with E-state index in [-0.39, 0.29) is 18.4 Å². The van der Waals surface area contributed by atoms with E-state index in [1.807, 2.05) is 18.2 Å². The second-order valence-corrected chi connectivity index (χ2v) is 4.26. The Labute approximate surface area is 103 Å². The molecule has 3 rings (SSSR count). The van der Waals surface area contributed by atoms with E-state index in [0.29, 0.717) is 22.9 Å². The average molecular weight is 241 g/mol. The van der Waals surface area contributed by atoms with Crippen molar-refractivity contribution in [1.82, 2.24) is 5.32 Å². The molecule has 90 valence electrons. The fourth-order valence-corrected chi connectivity index (χ4v) is 2.43. The van der Waals surface area contributed by atoms with Crippen LogP contribution < -0.4 is 5.32 Å². The predicted molar refractivity (Wildman–Crippen MR) is 66.5 cm³/mol. The molecule has 0 spiro atoms. The van der Waals surface area contributed by atoms with Gasteiger partial charge >= 0.3 is 0 Å². The average Bonchev–Trinajstić information content (AvgIpc) is 2.36. The van der Waals surface area contributed by atoms with Gasteiger partial charge in [0, 0.05) is 17.6 Å². The molecular formula is C14H11NO3. The largest absolute Gasteiger partial charge is 0.396 e. The van der Waals surface area contributed by atoms with Crippen LogP contribution in [0.25, 0.3) is 10.8 Å². The van der Waals surface area contributed by atoms with Crippen LogP contribution in [-0.4, -0.2) is 23.5 Å². The Bertz CT molecular complexity index is 676. The SMILES string of the molecule is O=C1NC(=O)c2c(CCO)ccc3cccc1c23. The highest BCUT2D eigenvalue weighted by atomic mass is 16.3. The molecule has 1 aliphatic rings. The van der Waals surface area contributed by atoms with Gasteiger partial charge in [-0.15, -0.1) is 0 Å². The van der Waals surface area contributed by atoms with Crippen molar-refractivity contribution >= 4 is 22.6 Å². The Morgan fingerprint density at radius 3 is 2.67 bits per heavy atom. The number of aliphatic hydroxyl groups excluding tert-OH is 1. The quantitative estimate of drug-likeness (QED) is 0.778. The molecule has 0 unspecified atom stereocenters. The zero-order chi connectivity index (χ0) is 12.7. The first-order valence-electron chi connectivity index (χ1n) is 5.73. The van der Waals surface area contributed by atoms with Crippen LogP contribution in [0.2, 0.25) is 0 Å². The van der Waals surface area contributed by atoms with Gasteiger partial charge < -0.3 is 5.11 Å². The minimum absolute atomic E-state index is 0.0259. The highest BCUT2D eigenvalue weighted by Gasteiger charge is 2.26. The third-order valence-electron chi connectivity index (χ3n) is 3.21. The van der Waals surface area contributed by atoms with E-state index < -0.39 is 0 Å². The lowest BCUT2D eigenvalue weighted by atomic mass is 9.90. The molecule has 0 fully saturated rings. The summed E-state index contributed by atoms with van der Waals surface area (Å²) in [5.74, 6) is -0.744. The number of amides is 2. The molecule has 4 nitrogen and oxygen atoms in total. The molecular weight excluding hydrogens is 230 g/mol. The van der Waals surface area contributed by atoms with Crippen LogP contribution in [0.3, 0.4) is 0 Å². The molecule has 1 aliphatic heterocycles. The summed E-state index contributed by atoms with van der Waals surface area (Å²) >= 11 is 0. The van der Waals surface area contributed by atoms with E-state index in [0.717, 1.165) is 10.9 Å². The van der Waals surface area contributed by atoms with Crippen molar-refractivity contribution in [2.45, 2.75) is 6.42 Å². The third-order valence-corrected chi connectivity index (χ3v) is 3.21. The second kappa shape index (κ2) is 3.92. The van der Waals surface area contributed by atoms with Gasteiger partial charge in [0.05, 0.1) is 5.56 Å². The number of hydrogen-bond donors (Lipinski definition) is 2. The Balaban J connectivity index is 2.43. The summed E-state index contributed by atoms with van der Waals surface area (Å²) in [6.07, 6.45) is 0.404. The first-order valence-corrected chi connectivity index (χ1v) is 5.73. The number of aliphatic hydroxyl groups is 1. The molecule has 4 heteroatoms. The summed E-state index contributed by atoms with van der Waals surface area (Å²) in [6.45, 7) is -0.0259. The maximum Gasteiger partial charge on any atom is 0.259 e. The van der Waals surface area contributed by atoms with E-state index in [1.165, 1.54) is 0 Å². The molecule has 0 atom stereocenters. The van der Waals surface area contributed by atoms with Crippen molar-refractivity contribution in [2.75, 3.05) is 6.61 Å². The van der Waals surface area contributed by atoms with Gasteiger partial charge in [-0.25, -0.2) is 0 Å². The first-order chi connectivity index (χ1) is 8.72. The van der Waals surface area contributed by atoms with Gasteiger partial charge in [0.1, 0.15) is 0 Å². The van der Waals surface area contributed by atoms with E-state index in [1.54, 1.807) is 12.1 Å². The summed E-state index contributed by atoms with van der Waals surface area (Å²) in [5.41, 5.74) is 1.79. The molecule has 2 aromatic carbocycles. The van der Waals surface area contributed by atoms with Crippen LogP contribution in [0.1, 0.15) is 26.3 Å². The summed E-state index contributed by atoms with van der Waals surface area (Å²) in [5, 5.41) is 12.9. The summed E-state index contributed by atoms with van der Waals surface area (Å²) < 4.78 is 0. The van der Waals surface area contributed by atoms with Gasteiger partial charge in [-0.3, -0.25) is 14.9 Å². The third kappa shape index (κ3) is 1.43. The standard InChI is InChI=1S/C14H11NO3/c16-7-6-9-5-4-8-2-1-3-10-11(8)12(9)14(18)15-13(10)17/h1-5,16H,6-7H2,(H,15,17,18). The van der Waals surface area contributed by atoms with Crippen molar-refractivity contribution in [1.29, 1.82) is 0 Å². The number of carbonyl (C=O) groups is 2. The molecule has 0 bridgehead atoms. The van der Waals surface area contributed by atoms with Crippen molar-refractivity contribution in [3.63, 3.8) is 0 Å².